The lowest BCUT2D eigenvalue weighted by Crippen LogP contribution is -2.27. The van der Waals surface area contributed by atoms with Crippen molar-refractivity contribution >= 4 is 33.8 Å². The van der Waals surface area contributed by atoms with Crippen LogP contribution in [0.4, 0.5) is 18.9 Å². The van der Waals surface area contributed by atoms with Crippen molar-refractivity contribution in [2.75, 3.05) is 25.5 Å². The second-order valence-electron chi connectivity index (χ2n) is 4.34. The van der Waals surface area contributed by atoms with Gasteiger partial charge in [0.15, 0.2) is 0 Å². The zero-order chi connectivity index (χ0) is 17.5. The molecule has 23 heavy (non-hydrogen) atoms. The van der Waals surface area contributed by atoms with E-state index < -0.39 is 17.7 Å². The normalized spacial score (nSPS) is 12.9. The SMILES string of the molecule is C/N=C\C(Br)=C(/NCCNc1ccc(C(F)(F)F)cc1)C(=O)O. The molecule has 0 radical (unpaired) electrons. The summed E-state index contributed by atoms with van der Waals surface area (Å²) in [6.45, 7) is 0.584. The third-order valence-corrected chi connectivity index (χ3v) is 3.26. The maximum absolute atomic E-state index is 12.4. The molecule has 1 aromatic carbocycles. The van der Waals surface area contributed by atoms with Crippen LogP contribution in [0.25, 0.3) is 0 Å². The van der Waals surface area contributed by atoms with Gasteiger partial charge in [0, 0.05) is 32.0 Å². The van der Waals surface area contributed by atoms with Crippen LogP contribution in [0.1, 0.15) is 5.56 Å². The van der Waals surface area contributed by atoms with Crippen molar-refractivity contribution in [2.24, 2.45) is 4.99 Å². The van der Waals surface area contributed by atoms with E-state index >= 15 is 0 Å². The minimum Gasteiger partial charge on any atom is -0.477 e. The molecule has 126 valence electrons. The lowest BCUT2D eigenvalue weighted by molar-refractivity contribution is -0.137. The molecule has 0 unspecified atom stereocenters. The number of carboxylic acid groups (broad SMARTS) is 1. The fourth-order valence-electron chi connectivity index (χ4n) is 1.61. The fourth-order valence-corrected chi connectivity index (χ4v) is 2.13. The van der Waals surface area contributed by atoms with Gasteiger partial charge in [-0.05, 0) is 40.2 Å². The highest BCUT2D eigenvalue weighted by atomic mass is 79.9. The van der Waals surface area contributed by atoms with Gasteiger partial charge in [-0.25, -0.2) is 4.79 Å². The van der Waals surface area contributed by atoms with Crippen molar-refractivity contribution in [1.82, 2.24) is 5.32 Å². The highest BCUT2D eigenvalue weighted by Gasteiger charge is 2.29. The number of alkyl halides is 3. The van der Waals surface area contributed by atoms with Crippen LogP contribution in [0.2, 0.25) is 0 Å². The number of hydrogen-bond acceptors (Lipinski definition) is 4. The zero-order valence-corrected chi connectivity index (χ0v) is 13.7. The monoisotopic (exact) mass is 393 g/mol. The fraction of sp³-hybridized carbons (Fsp3) is 0.286. The summed E-state index contributed by atoms with van der Waals surface area (Å²) in [6.07, 6.45) is -3.02. The molecule has 0 bridgehead atoms. The first-order valence-corrected chi connectivity index (χ1v) is 7.25. The van der Waals surface area contributed by atoms with Gasteiger partial charge in [-0.1, -0.05) is 0 Å². The predicted octanol–water partition coefficient (Wildman–Crippen LogP) is 3.10. The Bertz CT molecular complexity index is 598. The number of nitrogens with zero attached hydrogens (tertiary/aromatic N) is 1. The average molecular weight is 394 g/mol. The van der Waals surface area contributed by atoms with Gasteiger partial charge in [-0.3, -0.25) is 4.99 Å². The van der Waals surface area contributed by atoms with Crippen LogP contribution in [-0.4, -0.2) is 37.4 Å². The van der Waals surface area contributed by atoms with Gasteiger partial charge in [-0.15, -0.1) is 0 Å². The number of anilines is 1. The van der Waals surface area contributed by atoms with Crippen LogP contribution >= 0.6 is 15.9 Å². The van der Waals surface area contributed by atoms with Gasteiger partial charge in [-0.2, -0.15) is 13.2 Å². The summed E-state index contributed by atoms with van der Waals surface area (Å²) < 4.78 is 37.6. The van der Waals surface area contributed by atoms with E-state index in [9.17, 15) is 18.0 Å². The van der Waals surface area contributed by atoms with E-state index in [4.69, 9.17) is 5.11 Å². The Hall–Kier alpha value is -2.03. The maximum atomic E-state index is 12.4. The molecular weight excluding hydrogens is 379 g/mol. The number of halogens is 4. The minimum absolute atomic E-state index is 0.0511. The molecule has 0 saturated heterocycles. The van der Waals surface area contributed by atoms with Crippen LogP contribution in [0.5, 0.6) is 0 Å². The number of nitrogens with one attached hydrogen (secondary N) is 2. The van der Waals surface area contributed by atoms with E-state index in [0.29, 0.717) is 16.7 Å². The predicted molar refractivity (Wildman–Crippen MR) is 85.9 cm³/mol. The summed E-state index contributed by atoms with van der Waals surface area (Å²) >= 11 is 3.09. The average Bonchev–Trinajstić information content (AvgIpc) is 2.46. The molecule has 1 aromatic rings. The quantitative estimate of drug-likeness (QED) is 0.378. The largest absolute Gasteiger partial charge is 0.477 e. The Morgan fingerprint density at radius 1 is 1.30 bits per heavy atom. The lowest BCUT2D eigenvalue weighted by atomic mass is 10.2. The van der Waals surface area contributed by atoms with Crippen LogP contribution < -0.4 is 10.6 Å². The minimum atomic E-state index is -4.37. The number of rotatable bonds is 7. The summed E-state index contributed by atoms with van der Waals surface area (Å²) in [5, 5.41) is 14.7. The van der Waals surface area contributed by atoms with Gasteiger partial charge >= 0.3 is 12.1 Å². The first kappa shape index (κ1) is 19.0. The van der Waals surface area contributed by atoms with Gasteiger partial charge in [0.05, 0.1) is 10.0 Å². The Morgan fingerprint density at radius 3 is 2.39 bits per heavy atom. The Labute approximate surface area is 139 Å². The van der Waals surface area contributed by atoms with Crippen LogP contribution in [0, 0.1) is 0 Å². The zero-order valence-electron chi connectivity index (χ0n) is 12.1. The molecule has 5 nitrogen and oxygen atoms in total. The van der Waals surface area contributed by atoms with Gasteiger partial charge in [0.1, 0.15) is 5.70 Å². The summed E-state index contributed by atoms with van der Waals surface area (Å²) in [6, 6.07) is 4.59. The summed E-state index contributed by atoms with van der Waals surface area (Å²) in [4.78, 5) is 14.8. The summed E-state index contributed by atoms with van der Waals surface area (Å²) in [5.41, 5.74) is -0.264. The van der Waals surface area contributed by atoms with Crippen molar-refractivity contribution in [3.63, 3.8) is 0 Å². The van der Waals surface area contributed by atoms with E-state index in [2.05, 4.69) is 31.6 Å². The lowest BCUT2D eigenvalue weighted by Gasteiger charge is -2.11. The molecule has 0 aliphatic heterocycles. The summed E-state index contributed by atoms with van der Waals surface area (Å²) in [7, 11) is 1.51. The number of aliphatic imine (C=N–C) groups is 1. The molecule has 0 spiro atoms. The van der Waals surface area contributed by atoms with E-state index in [1.807, 2.05) is 0 Å². The Kier molecular flexibility index (Phi) is 7.08. The molecule has 0 fully saturated rings. The third-order valence-electron chi connectivity index (χ3n) is 2.66. The Balaban J connectivity index is 2.54. The van der Waals surface area contributed by atoms with Gasteiger partial charge < -0.3 is 15.7 Å². The molecule has 0 saturated carbocycles. The molecular formula is C14H15BrF3N3O2. The highest BCUT2D eigenvalue weighted by molar-refractivity contribution is 9.12. The van der Waals surface area contributed by atoms with Crippen molar-refractivity contribution in [3.8, 4) is 0 Å². The number of carboxylic acids is 1. The highest BCUT2D eigenvalue weighted by Crippen LogP contribution is 2.29. The first-order valence-electron chi connectivity index (χ1n) is 6.46. The number of benzene rings is 1. The van der Waals surface area contributed by atoms with E-state index in [1.54, 1.807) is 0 Å². The maximum Gasteiger partial charge on any atom is 0.416 e. The molecule has 0 amide bonds. The van der Waals surface area contributed by atoms with Gasteiger partial charge in [0.25, 0.3) is 0 Å². The van der Waals surface area contributed by atoms with Crippen LogP contribution in [-0.2, 0) is 11.0 Å². The topological polar surface area (TPSA) is 73.7 Å². The second kappa shape index (κ2) is 8.56. The number of allylic oxidation sites excluding steroid dienone is 1. The Morgan fingerprint density at radius 2 is 1.91 bits per heavy atom. The van der Waals surface area contributed by atoms with Crippen molar-refractivity contribution < 1.29 is 23.1 Å². The van der Waals surface area contributed by atoms with Crippen LogP contribution in [0.15, 0.2) is 39.4 Å². The van der Waals surface area contributed by atoms with E-state index in [1.165, 1.54) is 25.4 Å². The van der Waals surface area contributed by atoms with Crippen LogP contribution in [0.3, 0.4) is 0 Å². The van der Waals surface area contributed by atoms with E-state index in [0.717, 1.165) is 12.1 Å². The molecule has 0 aliphatic carbocycles. The molecule has 0 aliphatic rings. The first-order chi connectivity index (χ1) is 10.8. The second-order valence-corrected chi connectivity index (χ2v) is 5.20. The molecule has 0 heterocycles. The molecule has 9 heteroatoms. The van der Waals surface area contributed by atoms with Crippen molar-refractivity contribution in [1.29, 1.82) is 0 Å². The van der Waals surface area contributed by atoms with E-state index in [-0.39, 0.29) is 12.2 Å². The number of aliphatic carboxylic acids is 1. The van der Waals surface area contributed by atoms with Crippen molar-refractivity contribution in [3.05, 3.63) is 40.0 Å². The number of carbonyl (C=O) groups is 1. The third kappa shape index (κ3) is 6.31. The molecule has 1 rings (SSSR count). The summed E-state index contributed by atoms with van der Waals surface area (Å²) in [5.74, 6) is -1.15. The molecule has 3 N–H and O–H groups in total. The molecule has 0 atom stereocenters. The standard InChI is InChI=1S/C14H15BrF3N3O2/c1-19-8-11(15)12(13(22)23)21-7-6-20-10-4-2-9(3-5-10)14(16,17)18/h2-5,8,20-21H,6-7H2,1H3,(H,22,23)/b12-11+,19-8-. The van der Waals surface area contributed by atoms with Gasteiger partial charge in [0.2, 0.25) is 0 Å². The smallest absolute Gasteiger partial charge is 0.416 e. The molecule has 0 aromatic heterocycles. The van der Waals surface area contributed by atoms with Crippen molar-refractivity contribution in [2.45, 2.75) is 6.18 Å². The number of hydrogen-bond donors (Lipinski definition) is 3.